The Morgan fingerprint density at radius 3 is 2.67 bits per heavy atom. The maximum Gasteiger partial charge on any atom is 0.251 e. The zero-order chi connectivity index (χ0) is 23.4. The molecule has 2 aliphatic rings. The predicted molar refractivity (Wildman–Crippen MR) is 132 cm³/mol. The molecule has 0 bridgehead atoms. The number of amides is 1. The van der Waals surface area contributed by atoms with Gasteiger partial charge in [-0.25, -0.2) is 0 Å². The highest BCUT2D eigenvalue weighted by Gasteiger charge is 2.32. The van der Waals surface area contributed by atoms with Crippen LogP contribution in [0.4, 0.5) is 0 Å². The Bertz CT molecular complexity index is 935. The van der Waals surface area contributed by atoms with Gasteiger partial charge in [0.1, 0.15) is 0 Å². The number of aryl methyl sites for hydroxylation is 1. The number of nitrogens with zero attached hydrogens (tertiary/aromatic N) is 2. The average Bonchev–Trinajstić information content (AvgIpc) is 3.16. The Labute approximate surface area is 198 Å². The van der Waals surface area contributed by atoms with Crippen molar-refractivity contribution < 1.29 is 9.90 Å². The van der Waals surface area contributed by atoms with Gasteiger partial charge in [-0.05, 0) is 79.3 Å². The van der Waals surface area contributed by atoms with E-state index < -0.39 is 0 Å². The number of benzene rings is 1. The zero-order valence-electron chi connectivity index (χ0n) is 20.4. The van der Waals surface area contributed by atoms with Crippen LogP contribution >= 0.6 is 0 Å². The minimum atomic E-state index is -0.301. The van der Waals surface area contributed by atoms with E-state index in [-0.39, 0.29) is 18.6 Å². The van der Waals surface area contributed by atoms with E-state index in [1.54, 1.807) is 6.20 Å². The quantitative estimate of drug-likeness (QED) is 0.571. The Balaban J connectivity index is 1.45. The number of aromatic nitrogens is 1. The van der Waals surface area contributed by atoms with Crippen LogP contribution in [0.15, 0.2) is 36.5 Å². The number of rotatable bonds is 8. The Kier molecular flexibility index (Phi) is 7.82. The third kappa shape index (κ3) is 5.64. The van der Waals surface area contributed by atoms with Crippen molar-refractivity contribution in [3.8, 4) is 0 Å². The number of carbonyl (C=O) groups excluding carboxylic acids is 1. The van der Waals surface area contributed by atoms with E-state index in [2.05, 4.69) is 41.2 Å². The lowest BCUT2D eigenvalue weighted by Crippen LogP contribution is -2.30. The van der Waals surface area contributed by atoms with E-state index in [9.17, 15) is 9.90 Å². The summed E-state index contributed by atoms with van der Waals surface area (Å²) in [5.74, 6) is 1.57. The van der Waals surface area contributed by atoms with Crippen LogP contribution in [0.5, 0.6) is 0 Å². The van der Waals surface area contributed by atoms with Gasteiger partial charge in [-0.3, -0.25) is 14.7 Å². The molecule has 0 spiro atoms. The molecule has 1 fully saturated rings. The molecule has 1 aromatic carbocycles. The monoisotopic (exact) mass is 449 g/mol. The highest BCUT2D eigenvalue weighted by Crippen LogP contribution is 2.39. The van der Waals surface area contributed by atoms with Crippen molar-refractivity contribution >= 4 is 5.91 Å². The molecular formula is C28H39N3O2. The first kappa shape index (κ1) is 23.9. The van der Waals surface area contributed by atoms with Crippen molar-refractivity contribution in [1.82, 2.24) is 15.2 Å². The van der Waals surface area contributed by atoms with Gasteiger partial charge in [-0.15, -0.1) is 0 Å². The minimum absolute atomic E-state index is 0.00221. The SMILES string of the molecule is CC[C@@H]1c2ccc(C(=O)N[C@@H](CCO)c3ccc(C)cn3)cc2CN1CC1CCC(C)CC1. The molecule has 0 saturated heterocycles. The summed E-state index contributed by atoms with van der Waals surface area (Å²) in [6.45, 7) is 8.73. The maximum absolute atomic E-state index is 13.1. The van der Waals surface area contributed by atoms with Crippen LogP contribution in [-0.2, 0) is 6.54 Å². The number of carbonyl (C=O) groups is 1. The van der Waals surface area contributed by atoms with Crippen molar-refractivity contribution in [2.24, 2.45) is 11.8 Å². The van der Waals surface area contributed by atoms with Gasteiger partial charge >= 0.3 is 0 Å². The van der Waals surface area contributed by atoms with Gasteiger partial charge in [-0.1, -0.05) is 38.8 Å². The van der Waals surface area contributed by atoms with Crippen molar-refractivity contribution in [2.45, 2.75) is 77.9 Å². The summed E-state index contributed by atoms with van der Waals surface area (Å²) >= 11 is 0. The molecule has 178 valence electrons. The number of aliphatic hydroxyl groups excluding tert-OH is 1. The number of hydrogen-bond acceptors (Lipinski definition) is 4. The first-order chi connectivity index (χ1) is 16.0. The van der Waals surface area contributed by atoms with Crippen LogP contribution in [0.3, 0.4) is 0 Å². The lowest BCUT2D eigenvalue weighted by molar-refractivity contribution is 0.0928. The second-order valence-corrected chi connectivity index (χ2v) is 10.2. The fourth-order valence-electron chi connectivity index (χ4n) is 5.60. The van der Waals surface area contributed by atoms with Crippen LogP contribution in [0.25, 0.3) is 0 Å². The molecule has 1 aromatic heterocycles. The summed E-state index contributed by atoms with van der Waals surface area (Å²) in [6.07, 6.45) is 8.75. The smallest absolute Gasteiger partial charge is 0.251 e. The van der Waals surface area contributed by atoms with Gasteiger partial charge < -0.3 is 10.4 Å². The van der Waals surface area contributed by atoms with Crippen LogP contribution in [0, 0.1) is 18.8 Å². The molecule has 0 radical (unpaired) electrons. The first-order valence-electron chi connectivity index (χ1n) is 12.7. The van der Waals surface area contributed by atoms with Crippen molar-refractivity contribution in [3.05, 3.63) is 64.5 Å². The molecule has 4 rings (SSSR count). The standard InChI is InChI=1S/C28H39N3O2/c1-4-27-24-11-10-22(15-23(24)18-31(27)17-21-8-5-19(2)6-9-21)28(33)30-26(13-14-32)25-12-7-20(3)16-29-25/h7,10-12,15-16,19,21,26-27,32H,4-6,8-9,13-14,17-18H2,1-3H3,(H,30,33)/t19?,21?,26-,27+/m0/s1. The summed E-state index contributed by atoms with van der Waals surface area (Å²) in [7, 11) is 0. The third-order valence-electron chi connectivity index (χ3n) is 7.61. The molecule has 2 N–H and O–H groups in total. The van der Waals surface area contributed by atoms with Gasteiger partial charge in [-0.2, -0.15) is 0 Å². The molecule has 33 heavy (non-hydrogen) atoms. The summed E-state index contributed by atoms with van der Waals surface area (Å²) in [6, 6.07) is 10.3. The van der Waals surface area contributed by atoms with E-state index in [0.29, 0.717) is 18.0 Å². The fourth-order valence-corrected chi connectivity index (χ4v) is 5.60. The molecule has 0 unspecified atom stereocenters. The molecule has 5 nitrogen and oxygen atoms in total. The van der Waals surface area contributed by atoms with E-state index in [1.165, 1.54) is 43.4 Å². The second kappa shape index (κ2) is 10.8. The third-order valence-corrected chi connectivity index (χ3v) is 7.61. The first-order valence-corrected chi connectivity index (χ1v) is 12.7. The van der Waals surface area contributed by atoms with Crippen LogP contribution in [-0.4, -0.2) is 34.0 Å². The van der Waals surface area contributed by atoms with Crippen LogP contribution in [0.2, 0.25) is 0 Å². The second-order valence-electron chi connectivity index (χ2n) is 10.2. The van der Waals surface area contributed by atoms with Crippen molar-refractivity contribution in [2.75, 3.05) is 13.2 Å². The summed E-state index contributed by atoms with van der Waals surface area (Å²) in [5, 5.41) is 12.6. The van der Waals surface area contributed by atoms with Gasteiger partial charge in [0.15, 0.2) is 0 Å². The van der Waals surface area contributed by atoms with Crippen molar-refractivity contribution in [1.29, 1.82) is 0 Å². The molecule has 1 aliphatic heterocycles. The van der Waals surface area contributed by atoms with Gasteiger partial charge in [0.05, 0.1) is 11.7 Å². The molecule has 2 atom stereocenters. The normalized spacial score (nSPS) is 23.8. The molecule has 1 amide bonds. The van der Waals surface area contributed by atoms with E-state index >= 15 is 0 Å². The molecule has 1 aliphatic carbocycles. The minimum Gasteiger partial charge on any atom is -0.396 e. The number of pyridine rings is 1. The number of nitrogens with one attached hydrogen (secondary N) is 1. The lowest BCUT2D eigenvalue weighted by atomic mass is 9.82. The Morgan fingerprint density at radius 1 is 1.21 bits per heavy atom. The van der Waals surface area contributed by atoms with Gasteiger partial charge in [0, 0.05) is 37.5 Å². The zero-order valence-corrected chi connectivity index (χ0v) is 20.4. The molecule has 5 heteroatoms. The molecule has 1 saturated carbocycles. The Morgan fingerprint density at radius 2 is 2.00 bits per heavy atom. The van der Waals surface area contributed by atoms with E-state index in [4.69, 9.17) is 0 Å². The highest BCUT2D eigenvalue weighted by atomic mass is 16.3. The van der Waals surface area contributed by atoms with E-state index in [0.717, 1.165) is 36.1 Å². The lowest BCUT2D eigenvalue weighted by Gasteiger charge is -2.32. The maximum atomic E-state index is 13.1. The highest BCUT2D eigenvalue weighted by molar-refractivity contribution is 5.94. The van der Waals surface area contributed by atoms with Crippen molar-refractivity contribution in [3.63, 3.8) is 0 Å². The van der Waals surface area contributed by atoms with Gasteiger partial charge in [0.2, 0.25) is 0 Å². The Hall–Kier alpha value is -2.24. The van der Waals surface area contributed by atoms with E-state index in [1.807, 2.05) is 25.1 Å². The molecule has 2 aromatic rings. The molecule has 2 heterocycles. The largest absolute Gasteiger partial charge is 0.396 e. The summed E-state index contributed by atoms with van der Waals surface area (Å²) < 4.78 is 0. The topological polar surface area (TPSA) is 65.5 Å². The predicted octanol–water partition coefficient (Wildman–Crippen LogP) is 5.34. The number of fused-ring (bicyclic) bond motifs is 1. The summed E-state index contributed by atoms with van der Waals surface area (Å²) in [4.78, 5) is 20.2. The van der Waals surface area contributed by atoms with Crippen LogP contribution < -0.4 is 5.32 Å². The van der Waals surface area contributed by atoms with Gasteiger partial charge in [0.25, 0.3) is 5.91 Å². The number of aliphatic hydroxyl groups is 1. The number of hydrogen-bond donors (Lipinski definition) is 2. The van der Waals surface area contributed by atoms with Crippen LogP contribution in [0.1, 0.15) is 97.2 Å². The molecular weight excluding hydrogens is 410 g/mol. The summed E-state index contributed by atoms with van der Waals surface area (Å²) in [5.41, 5.74) is 5.20. The average molecular weight is 450 g/mol. The fraction of sp³-hybridized carbons (Fsp3) is 0.571.